The lowest BCUT2D eigenvalue weighted by molar-refractivity contribution is 0.0776. The third-order valence-electron chi connectivity index (χ3n) is 6.51. The van der Waals surface area contributed by atoms with Crippen molar-refractivity contribution in [2.24, 2.45) is 5.92 Å². The fourth-order valence-corrected chi connectivity index (χ4v) is 4.97. The first-order chi connectivity index (χ1) is 12.3. The number of aromatic nitrogens is 2. The number of likely N-dealkylation sites (tertiary alicyclic amines) is 1. The van der Waals surface area contributed by atoms with Gasteiger partial charge in [-0.3, -0.25) is 4.90 Å². The minimum absolute atomic E-state index is 0.344. The van der Waals surface area contributed by atoms with E-state index in [1.54, 1.807) is 0 Å². The first-order valence-corrected chi connectivity index (χ1v) is 10.3. The molecular weight excluding hydrogens is 312 g/mol. The van der Waals surface area contributed by atoms with E-state index in [9.17, 15) is 5.11 Å². The van der Waals surface area contributed by atoms with Crippen LogP contribution in [0.15, 0.2) is 12.3 Å². The van der Waals surface area contributed by atoms with E-state index < -0.39 is 0 Å². The number of anilines is 1. The Balaban J connectivity index is 1.35. The van der Waals surface area contributed by atoms with Crippen LogP contribution in [0.2, 0.25) is 0 Å². The summed E-state index contributed by atoms with van der Waals surface area (Å²) in [5.41, 5.74) is 1.26. The van der Waals surface area contributed by atoms with Crippen molar-refractivity contribution < 1.29 is 5.11 Å². The fraction of sp³-hybridized carbons (Fsp3) is 0.800. The molecule has 1 aliphatic carbocycles. The average molecular weight is 345 g/mol. The lowest BCUT2D eigenvalue weighted by Crippen LogP contribution is -2.49. The molecule has 1 aromatic rings. The van der Waals surface area contributed by atoms with Crippen molar-refractivity contribution in [1.82, 2.24) is 14.9 Å². The third kappa shape index (κ3) is 3.98. The zero-order valence-electron chi connectivity index (χ0n) is 15.3. The van der Waals surface area contributed by atoms with Crippen LogP contribution in [0, 0.1) is 5.92 Å². The molecule has 0 radical (unpaired) electrons. The average Bonchev–Trinajstić information content (AvgIpc) is 3.23. The van der Waals surface area contributed by atoms with Crippen LogP contribution in [-0.2, 0) is 0 Å². The number of hydrogen-bond donors (Lipinski definition) is 1. The first kappa shape index (κ1) is 17.2. The third-order valence-corrected chi connectivity index (χ3v) is 6.51. The van der Waals surface area contributed by atoms with Gasteiger partial charge in [-0.15, -0.1) is 0 Å². The highest BCUT2D eigenvalue weighted by atomic mass is 16.3. The molecule has 0 aromatic carbocycles. The number of rotatable bonds is 4. The van der Waals surface area contributed by atoms with Crippen LogP contribution in [0.3, 0.4) is 0 Å². The summed E-state index contributed by atoms with van der Waals surface area (Å²) in [6, 6.07) is 2.79. The minimum Gasteiger partial charge on any atom is -0.396 e. The van der Waals surface area contributed by atoms with Crippen molar-refractivity contribution in [2.75, 3.05) is 37.7 Å². The van der Waals surface area contributed by atoms with Gasteiger partial charge < -0.3 is 10.0 Å². The van der Waals surface area contributed by atoms with Gasteiger partial charge in [0, 0.05) is 50.1 Å². The highest BCUT2D eigenvalue weighted by Crippen LogP contribution is 2.33. The standard InChI is InChI=1S/C20H32N4O/c25-15-16-4-3-11-24(14-16)18-8-12-23(13-9-18)20-21-10-7-19(22-20)17-5-1-2-6-17/h7,10,16-18,25H,1-6,8-9,11-15H2/t16-/m1/s1. The van der Waals surface area contributed by atoms with E-state index in [0.717, 1.165) is 25.6 Å². The largest absolute Gasteiger partial charge is 0.396 e. The van der Waals surface area contributed by atoms with E-state index in [0.29, 0.717) is 24.5 Å². The van der Waals surface area contributed by atoms with Crippen LogP contribution in [0.1, 0.15) is 63.0 Å². The molecule has 0 spiro atoms. The lowest BCUT2D eigenvalue weighted by atomic mass is 9.94. The maximum atomic E-state index is 9.46. The molecule has 3 heterocycles. The van der Waals surface area contributed by atoms with Crippen LogP contribution in [0.4, 0.5) is 5.95 Å². The molecule has 4 rings (SSSR count). The Kier molecular flexibility index (Phi) is 5.51. The number of aliphatic hydroxyl groups is 1. The molecule has 2 saturated heterocycles. The van der Waals surface area contributed by atoms with Gasteiger partial charge in [-0.1, -0.05) is 12.8 Å². The molecule has 138 valence electrons. The molecule has 1 atom stereocenters. The van der Waals surface area contributed by atoms with Gasteiger partial charge in [0.2, 0.25) is 5.95 Å². The molecule has 0 bridgehead atoms. The van der Waals surface area contributed by atoms with Crippen molar-refractivity contribution in [1.29, 1.82) is 0 Å². The quantitative estimate of drug-likeness (QED) is 0.910. The van der Waals surface area contributed by atoms with Crippen LogP contribution in [0.25, 0.3) is 0 Å². The molecule has 25 heavy (non-hydrogen) atoms. The number of hydrogen-bond acceptors (Lipinski definition) is 5. The summed E-state index contributed by atoms with van der Waals surface area (Å²) in [4.78, 5) is 14.5. The molecule has 0 unspecified atom stereocenters. The van der Waals surface area contributed by atoms with Crippen molar-refractivity contribution in [3.05, 3.63) is 18.0 Å². The fourth-order valence-electron chi connectivity index (χ4n) is 4.97. The van der Waals surface area contributed by atoms with Crippen LogP contribution in [0.5, 0.6) is 0 Å². The molecule has 1 aromatic heterocycles. The van der Waals surface area contributed by atoms with Gasteiger partial charge in [-0.25, -0.2) is 9.97 Å². The van der Waals surface area contributed by atoms with Crippen LogP contribution < -0.4 is 4.90 Å². The summed E-state index contributed by atoms with van der Waals surface area (Å²) in [6.45, 7) is 4.74. The van der Waals surface area contributed by atoms with E-state index in [1.807, 2.05) is 6.20 Å². The van der Waals surface area contributed by atoms with Gasteiger partial charge in [0.1, 0.15) is 0 Å². The lowest BCUT2D eigenvalue weighted by Gasteiger charge is -2.42. The normalized spacial score (nSPS) is 27.1. The number of piperidine rings is 2. The molecule has 3 fully saturated rings. The van der Waals surface area contributed by atoms with E-state index in [2.05, 4.69) is 20.9 Å². The summed E-state index contributed by atoms with van der Waals surface area (Å²) < 4.78 is 0. The van der Waals surface area contributed by atoms with Gasteiger partial charge in [-0.2, -0.15) is 0 Å². The second-order valence-corrected chi connectivity index (χ2v) is 8.17. The minimum atomic E-state index is 0.344. The maximum absolute atomic E-state index is 9.46. The first-order valence-electron chi connectivity index (χ1n) is 10.3. The highest BCUT2D eigenvalue weighted by molar-refractivity contribution is 5.32. The summed E-state index contributed by atoms with van der Waals surface area (Å²) in [7, 11) is 0. The Bertz CT molecular complexity index is 552. The monoisotopic (exact) mass is 344 g/mol. The number of nitrogens with zero attached hydrogens (tertiary/aromatic N) is 4. The second-order valence-electron chi connectivity index (χ2n) is 8.17. The van der Waals surface area contributed by atoms with Crippen molar-refractivity contribution in [3.63, 3.8) is 0 Å². The Morgan fingerprint density at radius 2 is 1.80 bits per heavy atom. The summed E-state index contributed by atoms with van der Waals surface area (Å²) in [5, 5.41) is 9.46. The predicted octanol–water partition coefficient (Wildman–Crippen LogP) is 2.81. The molecule has 2 aliphatic heterocycles. The predicted molar refractivity (Wildman–Crippen MR) is 99.9 cm³/mol. The molecule has 3 aliphatic rings. The van der Waals surface area contributed by atoms with Gasteiger partial charge in [-0.05, 0) is 57.1 Å². The van der Waals surface area contributed by atoms with Gasteiger partial charge in [0.05, 0.1) is 0 Å². The van der Waals surface area contributed by atoms with Gasteiger partial charge in [0.15, 0.2) is 0 Å². The summed E-state index contributed by atoms with van der Waals surface area (Å²) in [5.74, 6) is 2.08. The van der Waals surface area contributed by atoms with Gasteiger partial charge >= 0.3 is 0 Å². The van der Waals surface area contributed by atoms with Crippen LogP contribution >= 0.6 is 0 Å². The van der Waals surface area contributed by atoms with E-state index in [4.69, 9.17) is 4.98 Å². The Labute approximate surface area is 151 Å². The molecule has 1 N–H and O–H groups in total. The van der Waals surface area contributed by atoms with Crippen molar-refractivity contribution in [3.8, 4) is 0 Å². The zero-order chi connectivity index (χ0) is 17.1. The highest BCUT2D eigenvalue weighted by Gasteiger charge is 2.29. The summed E-state index contributed by atoms with van der Waals surface area (Å²) >= 11 is 0. The smallest absolute Gasteiger partial charge is 0.225 e. The molecular formula is C20H32N4O. The van der Waals surface area contributed by atoms with E-state index in [1.165, 1.54) is 63.6 Å². The van der Waals surface area contributed by atoms with Crippen molar-refractivity contribution in [2.45, 2.75) is 63.3 Å². The number of aliphatic hydroxyl groups excluding tert-OH is 1. The Morgan fingerprint density at radius 3 is 2.56 bits per heavy atom. The van der Waals surface area contributed by atoms with Crippen molar-refractivity contribution >= 4 is 5.95 Å². The molecule has 0 amide bonds. The Hall–Kier alpha value is -1.20. The molecule has 1 saturated carbocycles. The van der Waals surface area contributed by atoms with Crippen LogP contribution in [-0.4, -0.2) is 58.8 Å². The Morgan fingerprint density at radius 1 is 1.00 bits per heavy atom. The summed E-state index contributed by atoms with van der Waals surface area (Å²) in [6.07, 6.45) is 12.0. The topological polar surface area (TPSA) is 52.5 Å². The van der Waals surface area contributed by atoms with E-state index >= 15 is 0 Å². The maximum Gasteiger partial charge on any atom is 0.225 e. The molecule has 5 heteroatoms. The molecule has 5 nitrogen and oxygen atoms in total. The SMILES string of the molecule is OC[C@@H]1CCCN(C2CCN(c3nccc(C4CCCC4)n3)CC2)C1. The zero-order valence-corrected chi connectivity index (χ0v) is 15.3. The van der Waals surface area contributed by atoms with Gasteiger partial charge in [0.25, 0.3) is 0 Å². The van der Waals surface area contributed by atoms with E-state index in [-0.39, 0.29) is 0 Å². The second kappa shape index (κ2) is 8.00.